The Hall–Kier alpha value is -2.23. The van der Waals surface area contributed by atoms with Crippen molar-refractivity contribution in [1.82, 2.24) is 30.2 Å². The van der Waals surface area contributed by atoms with Crippen molar-refractivity contribution in [1.29, 1.82) is 0 Å². The number of aryl methyl sites for hydroxylation is 1. The monoisotopic (exact) mass is 348 g/mol. The number of tetrazole rings is 1. The summed E-state index contributed by atoms with van der Waals surface area (Å²) in [6, 6.07) is 1.82. The normalized spacial score (nSPS) is 15.5. The maximum absolute atomic E-state index is 12.1. The summed E-state index contributed by atoms with van der Waals surface area (Å²) < 4.78 is 1.53. The van der Waals surface area contributed by atoms with Crippen molar-refractivity contribution in [3.05, 3.63) is 12.4 Å². The van der Waals surface area contributed by atoms with Gasteiger partial charge < -0.3 is 10.2 Å². The third-order valence-electron chi connectivity index (χ3n) is 3.94. The summed E-state index contributed by atoms with van der Waals surface area (Å²) in [5, 5.41) is 14.5. The number of anilines is 2. The van der Waals surface area contributed by atoms with Crippen molar-refractivity contribution in [2.75, 3.05) is 29.1 Å². The Bertz CT molecular complexity index is 698. The minimum Gasteiger partial charge on any atom is -0.356 e. The van der Waals surface area contributed by atoms with E-state index in [9.17, 15) is 4.79 Å². The number of hydrogen-bond donors (Lipinski definition) is 1. The van der Waals surface area contributed by atoms with Crippen LogP contribution in [0.3, 0.4) is 0 Å². The predicted octanol–water partition coefficient (Wildman–Crippen LogP) is 0.967. The Balaban J connectivity index is 1.56. The molecule has 0 atom stereocenters. The third kappa shape index (κ3) is 4.19. The molecule has 2 aromatic heterocycles. The van der Waals surface area contributed by atoms with Crippen LogP contribution in [0, 0.1) is 5.92 Å². The topological polar surface area (TPSA) is 102 Å². The van der Waals surface area contributed by atoms with E-state index in [2.05, 4.69) is 42.6 Å². The highest BCUT2D eigenvalue weighted by molar-refractivity contribution is 7.99. The fourth-order valence-corrected chi connectivity index (χ4v) is 3.13. The SMILES string of the molecule is CC1CCN(c2cc(NC(=O)CSc3nnnn3C)ncn2)CC1. The van der Waals surface area contributed by atoms with E-state index < -0.39 is 0 Å². The summed E-state index contributed by atoms with van der Waals surface area (Å²) in [7, 11) is 1.73. The molecule has 10 heteroatoms. The van der Waals surface area contributed by atoms with Gasteiger partial charge in [-0.2, -0.15) is 0 Å². The number of hydrogen-bond acceptors (Lipinski definition) is 8. The Morgan fingerprint density at radius 3 is 2.88 bits per heavy atom. The second-order valence-electron chi connectivity index (χ2n) is 5.85. The van der Waals surface area contributed by atoms with Gasteiger partial charge in [-0.1, -0.05) is 18.7 Å². The first-order valence-corrected chi connectivity index (χ1v) is 8.82. The lowest BCUT2D eigenvalue weighted by atomic mass is 9.99. The molecule has 9 nitrogen and oxygen atoms in total. The molecule has 0 saturated carbocycles. The van der Waals surface area contributed by atoms with Crippen LogP contribution in [0.1, 0.15) is 19.8 Å². The Morgan fingerprint density at radius 2 is 2.17 bits per heavy atom. The van der Waals surface area contributed by atoms with Gasteiger partial charge in [-0.05, 0) is 29.2 Å². The molecule has 0 bridgehead atoms. The van der Waals surface area contributed by atoms with Gasteiger partial charge in [0.15, 0.2) is 0 Å². The number of rotatable bonds is 5. The highest BCUT2D eigenvalue weighted by atomic mass is 32.2. The quantitative estimate of drug-likeness (QED) is 0.798. The van der Waals surface area contributed by atoms with Gasteiger partial charge in [-0.3, -0.25) is 4.79 Å². The van der Waals surface area contributed by atoms with Crippen molar-refractivity contribution in [2.24, 2.45) is 13.0 Å². The summed E-state index contributed by atoms with van der Waals surface area (Å²) in [4.78, 5) is 22.7. The minimum atomic E-state index is -0.153. The average molecular weight is 348 g/mol. The number of aromatic nitrogens is 6. The van der Waals surface area contributed by atoms with E-state index in [0.29, 0.717) is 11.0 Å². The Labute approximate surface area is 144 Å². The molecule has 2 aromatic rings. The Kier molecular flexibility index (Phi) is 5.24. The van der Waals surface area contributed by atoms with E-state index in [-0.39, 0.29) is 11.7 Å². The molecule has 1 amide bonds. The molecule has 0 radical (unpaired) electrons. The number of nitrogens with zero attached hydrogens (tertiary/aromatic N) is 7. The van der Waals surface area contributed by atoms with E-state index in [0.717, 1.165) is 37.7 Å². The van der Waals surface area contributed by atoms with Crippen LogP contribution in [0.25, 0.3) is 0 Å². The van der Waals surface area contributed by atoms with Gasteiger partial charge in [-0.25, -0.2) is 14.6 Å². The second kappa shape index (κ2) is 7.56. The van der Waals surface area contributed by atoms with Crippen LogP contribution in [0.4, 0.5) is 11.6 Å². The van der Waals surface area contributed by atoms with Crippen molar-refractivity contribution < 1.29 is 4.79 Å². The molecule has 1 N–H and O–H groups in total. The number of carbonyl (C=O) groups is 1. The summed E-state index contributed by atoms with van der Waals surface area (Å²) in [5.74, 6) is 2.20. The van der Waals surface area contributed by atoms with Crippen molar-refractivity contribution in [3.63, 3.8) is 0 Å². The molecule has 0 aliphatic carbocycles. The molecule has 24 heavy (non-hydrogen) atoms. The van der Waals surface area contributed by atoms with Gasteiger partial charge in [0.2, 0.25) is 11.1 Å². The largest absolute Gasteiger partial charge is 0.356 e. The van der Waals surface area contributed by atoms with Gasteiger partial charge in [-0.15, -0.1) is 5.10 Å². The van der Waals surface area contributed by atoms with Crippen LogP contribution in [-0.4, -0.2) is 54.9 Å². The highest BCUT2D eigenvalue weighted by Gasteiger charge is 2.17. The first-order chi connectivity index (χ1) is 11.6. The van der Waals surface area contributed by atoms with Gasteiger partial charge in [0.05, 0.1) is 5.75 Å². The lowest BCUT2D eigenvalue weighted by molar-refractivity contribution is -0.113. The van der Waals surface area contributed by atoms with E-state index in [1.165, 1.54) is 22.8 Å². The summed E-state index contributed by atoms with van der Waals surface area (Å²) in [6.45, 7) is 4.24. The smallest absolute Gasteiger partial charge is 0.236 e. The van der Waals surface area contributed by atoms with Crippen LogP contribution in [0.5, 0.6) is 0 Å². The first kappa shape index (κ1) is 16.6. The molecule has 1 aliphatic rings. The zero-order chi connectivity index (χ0) is 16.9. The van der Waals surface area contributed by atoms with Crippen LogP contribution < -0.4 is 10.2 Å². The summed E-state index contributed by atoms with van der Waals surface area (Å²) in [6.07, 6.45) is 3.81. The van der Waals surface area contributed by atoms with Gasteiger partial charge >= 0.3 is 0 Å². The molecule has 1 aliphatic heterocycles. The minimum absolute atomic E-state index is 0.153. The van der Waals surface area contributed by atoms with Crippen LogP contribution in [0.15, 0.2) is 17.6 Å². The third-order valence-corrected chi connectivity index (χ3v) is 4.95. The molecule has 1 saturated heterocycles. The van der Waals surface area contributed by atoms with Gasteiger partial charge in [0.1, 0.15) is 18.0 Å². The number of thioether (sulfide) groups is 1. The molecular weight excluding hydrogens is 328 g/mol. The Morgan fingerprint density at radius 1 is 1.38 bits per heavy atom. The fraction of sp³-hybridized carbons (Fsp3) is 0.571. The van der Waals surface area contributed by atoms with Crippen molar-refractivity contribution in [3.8, 4) is 0 Å². The van der Waals surface area contributed by atoms with Crippen LogP contribution >= 0.6 is 11.8 Å². The van der Waals surface area contributed by atoms with E-state index in [1.54, 1.807) is 7.05 Å². The molecule has 3 rings (SSSR count). The number of nitrogens with one attached hydrogen (secondary N) is 1. The standard InChI is InChI=1S/C14H20N8OS/c1-10-3-5-22(6-4-10)12-7-11(15-9-16-12)17-13(23)8-24-14-18-19-20-21(14)2/h7,9-10H,3-6,8H2,1-2H3,(H,15,16,17,23). The molecule has 128 valence electrons. The molecule has 0 spiro atoms. The maximum Gasteiger partial charge on any atom is 0.236 e. The van der Waals surface area contributed by atoms with E-state index >= 15 is 0 Å². The number of piperidine rings is 1. The number of carbonyl (C=O) groups excluding carboxylic acids is 1. The lowest BCUT2D eigenvalue weighted by Gasteiger charge is -2.31. The van der Waals surface area contributed by atoms with Crippen LogP contribution in [-0.2, 0) is 11.8 Å². The summed E-state index contributed by atoms with van der Waals surface area (Å²) in [5.41, 5.74) is 0. The predicted molar refractivity (Wildman–Crippen MR) is 90.8 cm³/mol. The fourth-order valence-electron chi connectivity index (χ4n) is 2.48. The van der Waals surface area contributed by atoms with Crippen LogP contribution in [0.2, 0.25) is 0 Å². The summed E-state index contributed by atoms with van der Waals surface area (Å²) >= 11 is 1.27. The number of amides is 1. The molecule has 1 fully saturated rings. The maximum atomic E-state index is 12.1. The average Bonchev–Trinajstić information content (AvgIpc) is 2.99. The van der Waals surface area contributed by atoms with E-state index in [4.69, 9.17) is 0 Å². The molecule has 0 unspecified atom stereocenters. The molecule has 3 heterocycles. The van der Waals surface area contributed by atoms with E-state index in [1.807, 2.05) is 6.07 Å². The molecule has 0 aromatic carbocycles. The van der Waals surface area contributed by atoms with Crippen molar-refractivity contribution >= 4 is 29.3 Å². The first-order valence-electron chi connectivity index (χ1n) is 7.84. The zero-order valence-corrected chi connectivity index (χ0v) is 14.5. The molecular formula is C14H20N8OS. The van der Waals surface area contributed by atoms with Crippen molar-refractivity contribution in [2.45, 2.75) is 24.9 Å². The van der Waals surface area contributed by atoms with Gasteiger partial charge in [0, 0.05) is 26.2 Å². The zero-order valence-electron chi connectivity index (χ0n) is 13.7. The lowest BCUT2D eigenvalue weighted by Crippen LogP contribution is -2.33. The second-order valence-corrected chi connectivity index (χ2v) is 6.80. The van der Waals surface area contributed by atoms with Gasteiger partial charge in [0.25, 0.3) is 0 Å². The highest BCUT2D eigenvalue weighted by Crippen LogP contribution is 2.22.